The van der Waals surface area contributed by atoms with Crippen LogP contribution in [0.5, 0.6) is 0 Å². The molecule has 2 rings (SSSR count). The fourth-order valence-electron chi connectivity index (χ4n) is 2.62. The topological polar surface area (TPSA) is 22.8 Å². The van der Waals surface area contributed by atoms with Crippen LogP contribution >= 0.6 is 0 Å². The normalized spacial score (nSPS) is 29.5. The van der Waals surface area contributed by atoms with Crippen LogP contribution in [0.2, 0.25) is 0 Å². The highest BCUT2D eigenvalue weighted by Crippen LogP contribution is 2.52. The van der Waals surface area contributed by atoms with E-state index < -0.39 is 5.79 Å². The Kier molecular flexibility index (Phi) is 2.29. The molecule has 1 aliphatic heterocycles. The molecule has 0 N–H and O–H groups in total. The second-order valence-corrected chi connectivity index (χ2v) is 5.09. The second kappa shape index (κ2) is 3.22. The minimum Gasteiger partial charge on any atom is -0.341 e. The summed E-state index contributed by atoms with van der Waals surface area (Å²) in [6.07, 6.45) is 2.23. The average Bonchev–Trinajstić information content (AvgIpc) is 2.50. The van der Waals surface area contributed by atoms with Gasteiger partial charge >= 0.3 is 0 Å². The summed E-state index contributed by atoms with van der Waals surface area (Å²) in [5, 5.41) is 0. The molecular formula is C11H17NO2. The maximum atomic E-state index is 6.95. The summed E-state index contributed by atoms with van der Waals surface area (Å²) in [5.74, 6) is -0.133. The van der Waals surface area contributed by atoms with Crippen molar-refractivity contribution >= 4 is 0 Å². The fraction of sp³-hybridized carbons (Fsp3) is 0.909. The zero-order chi connectivity index (χ0) is 10.2. The van der Waals surface area contributed by atoms with E-state index in [9.17, 15) is 0 Å². The van der Waals surface area contributed by atoms with Crippen LogP contribution in [0.4, 0.5) is 0 Å². The van der Waals surface area contributed by atoms with Gasteiger partial charge < -0.3 is 14.3 Å². The van der Waals surface area contributed by atoms with E-state index in [1.165, 1.54) is 0 Å². The summed E-state index contributed by atoms with van der Waals surface area (Å²) in [4.78, 5) is 3.44. The Labute approximate surface area is 85.2 Å². The molecular weight excluding hydrogens is 178 g/mol. The second-order valence-electron chi connectivity index (χ2n) is 5.09. The van der Waals surface area contributed by atoms with Gasteiger partial charge in [-0.3, -0.25) is 0 Å². The van der Waals surface area contributed by atoms with E-state index in [1.807, 2.05) is 0 Å². The Hall–Kier alpha value is -0.590. The molecule has 78 valence electrons. The molecule has 1 heterocycles. The Morgan fingerprint density at radius 3 is 2.29 bits per heavy atom. The molecule has 3 nitrogen and oxygen atoms in total. The summed E-state index contributed by atoms with van der Waals surface area (Å²) in [6.45, 7) is 13.1. The van der Waals surface area contributed by atoms with Gasteiger partial charge in [0.25, 0.3) is 6.54 Å². The number of hydrogen-bond donors (Lipinski definition) is 0. The van der Waals surface area contributed by atoms with Gasteiger partial charge in [-0.2, -0.15) is 0 Å². The lowest BCUT2D eigenvalue weighted by Crippen LogP contribution is -2.51. The first kappa shape index (κ1) is 9.95. The van der Waals surface area contributed by atoms with Crippen molar-refractivity contribution in [3.05, 3.63) is 11.4 Å². The molecule has 2 fully saturated rings. The molecule has 0 amide bonds. The highest BCUT2D eigenvalue weighted by Gasteiger charge is 2.55. The van der Waals surface area contributed by atoms with Gasteiger partial charge in [-0.25, -0.2) is 6.57 Å². The van der Waals surface area contributed by atoms with Crippen LogP contribution in [-0.2, 0) is 9.47 Å². The lowest BCUT2D eigenvalue weighted by molar-refractivity contribution is -0.220. The van der Waals surface area contributed by atoms with Crippen LogP contribution < -0.4 is 0 Å². The first-order valence-electron chi connectivity index (χ1n) is 5.19. The summed E-state index contributed by atoms with van der Waals surface area (Å²) >= 11 is 0. The van der Waals surface area contributed by atoms with Crippen molar-refractivity contribution < 1.29 is 9.47 Å². The van der Waals surface area contributed by atoms with E-state index in [-0.39, 0.29) is 0 Å². The van der Waals surface area contributed by atoms with Crippen LogP contribution in [-0.4, -0.2) is 25.5 Å². The van der Waals surface area contributed by atoms with Gasteiger partial charge in [-0.05, 0) is 18.3 Å². The maximum Gasteiger partial charge on any atom is 0.268 e. The smallest absolute Gasteiger partial charge is 0.268 e. The monoisotopic (exact) mass is 195 g/mol. The minimum atomic E-state index is -0.558. The summed E-state index contributed by atoms with van der Waals surface area (Å²) < 4.78 is 11.3. The molecule has 0 unspecified atom stereocenters. The fourth-order valence-corrected chi connectivity index (χ4v) is 2.62. The highest BCUT2D eigenvalue weighted by molar-refractivity contribution is 4.99. The number of hydrogen-bond acceptors (Lipinski definition) is 2. The van der Waals surface area contributed by atoms with Crippen LogP contribution in [0.25, 0.3) is 4.85 Å². The molecule has 0 radical (unpaired) electrons. The van der Waals surface area contributed by atoms with Crippen molar-refractivity contribution in [2.45, 2.75) is 32.5 Å². The van der Waals surface area contributed by atoms with Crippen molar-refractivity contribution in [3.8, 4) is 0 Å². The Morgan fingerprint density at radius 2 is 1.86 bits per heavy atom. The summed E-state index contributed by atoms with van der Waals surface area (Å²) in [5.41, 5.74) is 0.412. The average molecular weight is 195 g/mol. The van der Waals surface area contributed by atoms with Gasteiger partial charge in [0.05, 0.1) is 13.2 Å². The molecule has 0 aromatic heterocycles. The molecule has 0 aromatic carbocycles. The zero-order valence-corrected chi connectivity index (χ0v) is 8.88. The minimum absolute atomic E-state index is 0.355. The van der Waals surface area contributed by atoms with Gasteiger partial charge in [0, 0.05) is 5.92 Å². The van der Waals surface area contributed by atoms with Gasteiger partial charge in [-0.1, -0.05) is 13.8 Å². The molecule has 2 aliphatic rings. The Morgan fingerprint density at radius 1 is 1.29 bits per heavy atom. The van der Waals surface area contributed by atoms with E-state index in [4.69, 9.17) is 16.0 Å². The molecule has 3 heteroatoms. The van der Waals surface area contributed by atoms with Crippen LogP contribution in [0, 0.1) is 17.9 Å². The van der Waals surface area contributed by atoms with Crippen molar-refractivity contribution in [3.63, 3.8) is 0 Å². The molecule has 14 heavy (non-hydrogen) atoms. The predicted molar refractivity (Wildman–Crippen MR) is 52.6 cm³/mol. The summed E-state index contributed by atoms with van der Waals surface area (Å²) in [6, 6.07) is 0. The van der Waals surface area contributed by atoms with Gasteiger partial charge in [-0.15, -0.1) is 0 Å². The third kappa shape index (κ3) is 1.53. The summed E-state index contributed by atoms with van der Waals surface area (Å²) in [7, 11) is 0. The molecule has 0 aromatic rings. The molecule has 0 spiro atoms. The number of ether oxygens (including phenoxy) is 2. The van der Waals surface area contributed by atoms with Crippen molar-refractivity contribution in [1.82, 2.24) is 0 Å². The van der Waals surface area contributed by atoms with Crippen LogP contribution in [0.3, 0.4) is 0 Å². The van der Waals surface area contributed by atoms with Gasteiger partial charge in [0.15, 0.2) is 0 Å². The van der Waals surface area contributed by atoms with Gasteiger partial charge in [0.2, 0.25) is 5.79 Å². The third-order valence-corrected chi connectivity index (χ3v) is 3.30. The quantitative estimate of drug-likeness (QED) is 0.630. The SMILES string of the molecule is [C-]#[N+]CC1(C2CC(C)(C)C2)OCCO1. The Bertz CT molecular complexity index is 253. The standard InChI is InChI=1S/C11H17NO2/c1-10(2)6-9(7-10)11(8-12-3)13-4-5-14-11/h9H,4-8H2,1-2H3. The first-order chi connectivity index (χ1) is 6.58. The van der Waals surface area contributed by atoms with Crippen molar-refractivity contribution in [1.29, 1.82) is 0 Å². The molecule has 0 bridgehead atoms. The molecule has 1 saturated heterocycles. The van der Waals surface area contributed by atoms with Crippen LogP contribution in [0.15, 0.2) is 0 Å². The number of rotatable bonds is 2. The van der Waals surface area contributed by atoms with E-state index in [0.717, 1.165) is 12.8 Å². The molecule has 1 aliphatic carbocycles. The molecule has 0 atom stereocenters. The van der Waals surface area contributed by atoms with E-state index in [1.54, 1.807) is 0 Å². The van der Waals surface area contributed by atoms with E-state index >= 15 is 0 Å². The molecule has 1 saturated carbocycles. The van der Waals surface area contributed by atoms with E-state index in [0.29, 0.717) is 31.1 Å². The Balaban J connectivity index is 2.03. The van der Waals surface area contributed by atoms with Gasteiger partial charge in [0.1, 0.15) is 0 Å². The number of nitrogens with zero attached hydrogens (tertiary/aromatic N) is 1. The van der Waals surface area contributed by atoms with Crippen molar-refractivity contribution in [2.24, 2.45) is 11.3 Å². The largest absolute Gasteiger partial charge is 0.341 e. The lowest BCUT2D eigenvalue weighted by atomic mass is 9.61. The predicted octanol–water partition coefficient (Wildman–Crippen LogP) is 2.08. The van der Waals surface area contributed by atoms with E-state index in [2.05, 4.69) is 18.7 Å². The third-order valence-electron chi connectivity index (χ3n) is 3.30. The van der Waals surface area contributed by atoms with Crippen LogP contribution in [0.1, 0.15) is 26.7 Å². The zero-order valence-electron chi connectivity index (χ0n) is 8.88. The first-order valence-corrected chi connectivity index (χ1v) is 5.19. The van der Waals surface area contributed by atoms with Crippen molar-refractivity contribution in [2.75, 3.05) is 19.8 Å². The lowest BCUT2D eigenvalue weighted by Gasteiger charge is -2.48. The highest BCUT2D eigenvalue weighted by atomic mass is 16.7. The maximum absolute atomic E-state index is 6.95.